The van der Waals surface area contributed by atoms with E-state index in [4.69, 9.17) is 0 Å². The molecule has 0 aliphatic heterocycles. The zero-order valence-corrected chi connectivity index (χ0v) is 12.4. The first-order chi connectivity index (χ1) is 9.43. The molecule has 0 saturated heterocycles. The Hall–Kier alpha value is -1.42. The summed E-state index contributed by atoms with van der Waals surface area (Å²) in [6.45, 7) is 6.28. The molecule has 0 saturated carbocycles. The second kappa shape index (κ2) is 7.39. The maximum atomic E-state index is 12.8. The number of rotatable bonds is 8. The first kappa shape index (κ1) is 16.6. The average molecular weight is 281 g/mol. The third-order valence-electron chi connectivity index (χ3n) is 4.05. The van der Waals surface area contributed by atoms with E-state index in [0.29, 0.717) is 19.4 Å². The van der Waals surface area contributed by atoms with Crippen LogP contribution in [0.15, 0.2) is 24.3 Å². The van der Waals surface area contributed by atoms with Gasteiger partial charge in [-0.25, -0.2) is 4.39 Å². The van der Waals surface area contributed by atoms with Crippen LogP contribution in [0.5, 0.6) is 0 Å². The van der Waals surface area contributed by atoms with Crippen LogP contribution in [0.2, 0.25) is 0 Å². The summed E-state index contributed by atoms with van der Waals surface area (Å²) >= 11 is 0. The van der Waals surface area contributed by atoms with Gasteiger partial charge in [0.05, 0.1) is 5.41 Å². The molecule has 20 heavy (non-hydrogen) atoms. The number of carboxylic acids is 1. The minimum absolute atomic E-state index is 0.150. The molecular weight excluding hydrogens is 257 g/mol. The van der Waals surface area contributed by atoms with Crippen LogP contribution in [0.3, 0.4) is 0 Å². The number of hydrogen-bond acceptors (Lipinski definition) is 2. The van der Waals surface area contributed by atoms with E-state index in [-0.39, 0.29) is 11.9 Å². The van der Waals surface area contributed by atoms with Crippen LogP contribution >= 0.6 is 0 Å². The van der Waals surface area contributed by atoms with Gasteiger partial charge in [-0.2, -0.15) is 0 Å². The van der Waals surface area contributed by atoms with Crippen LogP contribution in [0.1, 0.15) is 39.2 Å². The van der Waals surface area contributed by atoms with Crippen molar-refractivity contribution >= 4 is 5.97 Å². The van der Waals surface area contributed by atoms with Gasteiger partial charge in [0.15, 0.2) is 0 Å². The Kier molecular flexibility index (Phi) is 6.14. The molecule has 0 aromatic heterocycles. The van der Waals surface area contributed by atoms with Gasteiger partial charge in [0, 0.05) is 12.6 Å². The van der Waals surface area contributed by atoms with Crippen molar-refractivity contribution in [2.45, 2.75) is 46.1 Å². The summed E-state index contributed by atoms with van der Waals surface area (Å²) in [6.07, 6.45) is 1.97. The van der Waals surface area contributed by atoms with Crippen molar-refractivity contribution in [1.82, 2.24) is 5.32 Å². The highest BCUT2D eigenvalue weighted by Gasteiger charge is 2.34. The van der Waals surface area contributed by atoms with E-state index >= 15 is 0 Å². The topological polar surface area (TPSA) is 49.3 Å². The van der Waals surface area contributed by atoms with Crippen LogP contribution in [0.4, 0.5) is 4.39 Å². The molecule has 0 amide bonds. The monoisotopic (exact) mass is 281 g/mol. The maximum absolute atomic E-state index is 12.8. The van der Waals surface area contributed by atoms with Gasteiger partial charge in [0.2, 0.25) is 0 Å². The lowest BCUT2D eigenvalue weighted by Crippen LogP contribution is -2.43. The lowest BCUT2D eigenvalue weighted by atomic mass is 9.82. The molecule has 1 unspecified atom stereocenters. The highest BCUT2D eigenvalue weighted by atomic mass is 19.1. The third-order valence-corrected chi connectivity index (χ3v) is 4.05. The molecule has 112 valence electrons. The van der Waals surface area contributed by atoms with Gasteiger partial charge < -0.3 is 10.4 Å². The molecule has 0 fully saturated rings. The zero-order chi connectivity index (χ0) is 15.2. The minimum Gasteiger partial charge on any atom is -0.481 e. The van der Waals surface area contributed by atoms with Crippen molar-refractivity contribution in [2.75, 3.05) is 6.54 Å². The fraction of sp³-hybridized carbons (Fsp3) is 0.562. The van der Waals surface area contributed by atoms with E-state index < -0.39 is 11.4 Å². The van der Waals surface area contributed by atoms with E-state index in [1.165, 1.54) is 12.1 Å². The van der Waals surface area contributed by atoms with Crippen LogP contribution < -0.4 is 5.32 Å². The van der Waals surface area contributed by atoms with Crippen molar-refractivity contribution in [1.29, 1.82) is 0 Å². The van der Waals surface area contributed by atoms with Crippen molar-refractivity contribution < 1.29 is 14.3 Å². The lowest BCUT2D eigenvalue weighted by molar-refractivity contribution is -0.149. The second-order valence-electron chi connectivity index (χ2n) is 5.41. The van der Waals surface area contributed by atoms with Crippen LogP contribution in [-0.2, 0) is 11.2 Å². The molecule has 1 atom stereocenters. The Morgan fingerprint density at radius 1 is 1.30 bits per heavy atom. The summed E-state index contributed by atoms with van der Waals surface area (Å²) in [6, 6.07) is 6.57. The SMILES string of the molecule is CCC(CC)(CNC(C)Cc1ccc(F)cc1)C(=O)O. The van der Waals surface area contributed by atoms with Gasteiger partial charge in [-0.1, -0.05) is 26.0 Å². The zero-order valence-electron chi connectivity index (χ0n) is 12.4. The third kappa shape index (κ3) is 4.30. The Labute approximate surface area is 120 Å². The molecule has 0 heterocycles. The largest absolute Gasteiger partial charge is 0.481 e. The number of halogens is 1. The van der Waals surface area contributed by atoms with E-state index in [1.54, 1.807) is 12.1 Å². The summed E-state index contributed by atoms with van der Waals surface area (Å²) in [7, 11) is 0. The molecule has 2 N–H and O–H groups in total. The minimum atomic E-state index is -0.746. The van der Waals surface area contributed by atoms with E-state index in [9.17, 15) is 14.3 Å². The van der Waals surface area contributed by atoms with Gasteiger partial charge in [-0.15, -0.1) is 0 Å². The molecule has 1 rings (SSSR count). The van der Waals surface area contributed by atoms with Crippen LogP contribution in [-0.4, -0.2) is 23.7 Å². The van der Waals surface area contributed by atoms with Crippen molar-refractivity contribution in [3.8, 4) is 0 Å². The van der Waals surface area contributed by atoms with Crippen LogP contribution in [0, 0.1) is 11.2 Å². The number of benzene rings is 1. The molecule has 0 radical (unpaired) electrons. The van der Waals surface area contributed by atoms with Crippen LogP contribution in [0.25, 0.3) is 0 Å². The van der Waals surface area contributed by atoms with Gasteiger partial charge >= 0.3 is 5.97 Å². The molecular formula is C16H24FNO2. The highest BCUT2D eigenvalue weighted by Crippen LogP contribution is 2.26. The molecule has 0 aliphatic carbocycles. The molecule has 0 spiro atoms. The standard InChI is InChI=1S/C16H24FNO2/c1-4-16(5-2,15(19)20)11-18-12(3)10-13-6-8-14(17)9-7-13/h6-9,12,18H,4-5,10-11H2,1-3H3,(H,19,20). The van der Waals surface area contributed by atoms with Gasteiger partial charge in [0.1, 0.15) is 5.82 Å². The van der Waals surface area contributed by atoms with Crippen molar-refractivity contribution in [3.05, 3.63) is 35.6 Å². The predicted octanol–water partition coefficient (Wildman–Crippen LogP) is 3.24. The quantitative estimate of drug-likeness (QED) is 0.769. The fourth-order valence-corrected chi connectivity index (χ4v) is 2.29. The summed E-state index contributed by atoms with van der Waals surface area (Å²) in [5.74, 6) is -0.986. The van der Waals surface area contributed by atoms with Crippen molar-refractivity contribution in [3.63, 3.8) is 0 Å². The summed E-state index contributed by atoms with van der Waals surface area (Å²) < 4.78 is 12.8. The van der Waals surface area contributed by atoms with Crippen molar-refractivity contribution in [2.24, 2.45) is 5.41 Å². The summed E-state index contributed by atoms with van der Waals surface area (Å²) in [5.41, 5.74) is 0.345. The fourth-order valence-electron chi connectivity index (χ4n) is 2.29. The molecule has 4 heteroatoms. The summed E-state index contributed by atoms with van der Waals surface area (Å²) in [5, 5.41) is 12.7. The predicted molar refractivity (Wildman–Crippen MR) is 78.2 cm³/mol. The van der Waals surface area contributed by atoms with Gasteiger partial charge in [0.25, 0.3) is 0 Å². The van der Waals surface area contributed by atoms with E-state index in [0.717, 1.165) is 12.0 Å². The highest BCUT2D eigenvalue weighted by molar-refractivity contribution is 5.74. The molecule has 0 bridgehead atoms. The number of carboxylic acid groups (broad SMARTS) is 1. The average Bonchev–Trinajstić information content (AvgIpc) is 2.43. The molecule has 1 aromatic rings. The molecule has 3 nitrogen and oxygen atoms in total. The number of carbonyl (C=O) groups is 1. The van der Waals surface area contributed by atoms with E-state index in [1.807, 2.05) is 20.8 Å². The summed E-state index contributed by atoms with van der Waals surface area (Å²) in [4.78, 5) is 11.4. The molecule has 1 aromatic carbocycles. The molecule has 0 aliphatic rings. The Bertz CT molecular complexity index is 427. The Morgan fingerprint density at radius 2 is 1.85 bits per heavy atom. The Morgan fingerprint density at radius 3 is 2.30 bits per heavy atom. The Balaban J connectivity index is 2.55. The van der Waals surface area contributed by atoms with Gasteiger partial charge in [-0.05, 0) is 43.9 Å². The maximum Gasteiger partial charge on any atom is 0.310 e. The first-order valence-electron chi connectivity index (χ1n) is 7.14. The smallest absolute Gasteiger partial charge is 0.310 e. The second-order valence-corrected chi connectivity index (χ2v) is 5.41. The number of nitrogens with one attached hydrogen (secondary N) is 1. The van der Waals surface area contributed by atoms with E-state index in [2.05, 4.69) is 5.32 Å². The normalized spacial score (nSPS) is 13.2. The first-order valence-corrected chi connectivity index (χ1v) is 7.14. The number of aliphatic carboxylic acids is 1. The van der Waals surface area contributed by atoms with Gasteiger partial charge in [-0.3, -0.25) is 4.79 Å². The number of hydrogen-bond donors (Lipinski definition) is 2. The lowest BCUT2D eigenvalue weighted by Gasteiger charge is -2.29.